The van der Waals surface area contributed by atoms with Gasteiger partial charge in [-0.1, -0.05) is 104 Å². The maximum absolute atomic E-state index is 10.8. The Bertz CT molecular complexity index is 1710. The Labute approximate surface area is 243 Å². The van der Waals surface area contributed by atoms with Gasteiger partial charge < -0.3 is 14.4 Å². The summed E-state index contributed by atoms with van der Waals surface area (Å²) in [6.07, 6.45) is 20.7. The average molecular weight is 542 g/mol. The monoisotopic (exact) mass is 541 g/mol. The lowest BCUT2D eigenvalue weighted by atomic mass is 9.73. The third-order valence-electron chi connectivity index (χ3n) is 9.55. The molecule has 0 bridgehead atoms. The second-order valence-electron chi connectivity index (χ2n) is 12.6. The second kappa shape index (κ2) is 10.2. The molecule has 3 heteroatoms. The van der Waals surface area contributed by atoms with E-state index in [9.17, 15) is 5.11 Å². The molecule has 1 fully saturated rings. The van der Waals surface area contributed by atoms with Gasteiger partial charge in [0.2, 0.25) is 0 Å². The van der Waals surface area contributed by atoms with Crippen LogP contribution in [0.4, 0.5) is 5.69 Å². The quantitative estimate of drug-likeness (QED) is 0.273. The number of hydrogen-bond donors (Lipinski definition) is 1. The molecule has 3 aromatic carbocycles. The molecular weight excluding hydrogens is 502 g/mol. The number of rotatable bonds is 5. The normalized spacial score (nSPS) is 25.0. The van der Waals surface area contributed by atoms with Crippen LogP contribution < -0.4 is 4.90 Å². The Morgan fingerprint density at radius 3 is 2.34 bits per heavy atom. The van der Waals surface area contributed by atoms with Crippen LogP contribution in [-0.2, 0) is 5.41 Å². The lowest BCUT2D eigenvalue weighted by molar-refractivity contribution is 0.113. The van der Waals surface area contributed by atoms with Crippen LogP contribution in [0, 0.1) is 0 Å². The first-order valence-electron chi connectivity index (χ1n) is 15.2. The van der Waals surface area contributed by atoms with Crippen molar-refractivity contribution in [3.05, 3.63) is 126 Å². The first-order chi connectivity index (χ1) is 19.9. The van der Waals surface area contributed by atoms with E-state index in [1.54, 1.807) is 0 Å². The summed E-state index contributed by atoms with van der Waals surface area (Å²) in [6, 6.07) is 24.1. The molecule has 0 radical (unpaired) electrons. The summed E-state index contributed by atoms with van der Waals surface area (Å²) in [5.41, 5.74) is 6.80. The SMILES string of the molecule is CC1(O)C=CC(N(C2=CC=CCC2(C)c2ccccc2)c2cccc3c2oc2c(C4CCCCC4)cccc23)=CC1. The van der Waals surface area contributed by atoms with E-state index < -0.39 is 5.60 Å². The van der Waals surface area contributed by atoms with Crippen molar-refractivity contribution in [3.63, 3.8) is 0 Å². The van der Waals surface area contributed by atoms with Crippen molar-refractivity contribution in [2.75, 3.05) is 4.90 Å². The van der Waals surface area contributed by atoms with Gasteiger partial charge in [0.15, 0.2) is 5.58 Å². The zero-order valence-corrected chi connectivity index (χ0v) is 24.1. The molecule has 208 valence electrons. The molecule has 2 atom stereocenters. The molecule has 4 aromatic rings. The van der Waals surface area contributed by atoms with E-state index in [-0.39, 0.29) is 5.41 Å². The minimum Gasteiger partial charge on any atom is -0.454 e. The van der Waals surface area contributed by atoms with Crippen LogP contribution in [0.2, 0.25) is 0 Å². The van der Waals surface area contributed by atoms with Crippen molar-refractivity contribution < 1.29 is 9.52 Å². The molecule has 1 heterocycles. The molecule has 0 saturated heterocycles. The molecule has 41 heavy (non-hydrogen) atoms. The maximum Gasteiger partial charge on any atom is 0.159 e. The topological polar surface area (TPSA) is 36.6 Å². The van der Waals surface area contributed by atoms with Gasteiger partial charge in [-0.15, -0.1) is 0 Å². The fraction of sp³-hybridized carbons (Fsp3) is 0.316. The molecule has 3 aliphatic carbocycles. The number of furan rings is 1. The van der Waals surface area contributed by atoms with E-state index >= 15 is 0 Å². The van der Waals surface area contributed by atoms with Crippen molar-refractivity contribution in [2.24, 2.45) is 0 Å². The molecule has 3 nitrogen and oxygen atoms in total. The van der Waals surface area contributed by atoms with E-state index in [1.807, 2.05) is 13.0 Å². The molecule has 1 N–H and O–H groups in total. The van der Waals surface area contributed by atoms with E-state index in [2.05, 4.69) is 109 Å². The van der Waals surface area contributed by atoms with E-state index in [4.69, 9.17) is 4.42 Å². The van der Waals surface area contributed by atoms with Gasteiger partial charge in [-0.2, -0.15) is 0 Å². The minimum atomic E-state index is -0.848. The summed E-state index contributed by atoms with van der Waals surface area (Å²) in [4.78, 5) is 2.38. The van der Waals surface area contributed by atoms with Crippen molar-refractivity contribution in [3.8, 4) is 0 Å². The maximum atomic E-state index is 10.8. The highest BCUT2D eigenvalue weighted by Crippen LogP contribution is 2.48. The predicted octanol–water partition coefficient (Wildman–Crippen LogP) is 9.84. The van der Waals surface area contributed by atoms with Crippen molar-refractivity contribution in [1.82, 2.24) is 0 Å². The van der Waals surface area contributed by atoms with Gasteiger partial charge in [-0.05, 0) is 74.8 Å². The molecule has 0 aliphatic heterocycles. The van der Waals surface area contributed by atoms with E-state index in [1.165, 1.54) is 54.3 Å². The fourth-order valence-corrected chi connectivity index (χ4v) is 7.17. The smallest absolute Gasteiger partial charge is 0.159 e. The molecule has 7 rings (SSSR count). The molecule has 1 saturated carbocycles. The van der Waals surface area contributed by atoms with Gasteiger partial charge in [0.25, 0.3) is 0 Å². The largest absolute Gasteiger partial charge is 0.454 e. The van der Waals surface area contributed by atoms with E-state index in [0.717, 1.165) is 34.4 Å². The molecule has 3 aliphatic rings. The Kier molecular flexibility index (Phi) is 6.51. The Morgan fingerprint density at radius 2 is 1.59 bits per heavy atom. The Hall–Kier alpha value is -3.82. The highest BCUT2D eigenvalue weighted by molar-refractivity contribution is 6.10. The van der Waals surface area contributed by atoms with Crippen molar-refractivity contribution in [2.45, 2.75) is 75.7 Å². The van der Waals surface area contributed by atoms with Gasteiger partial charge in [0.05, 0.1) is 11.3 Å². The first kappa shape index (κ1) is 26.1. The summed E-state index contributed by atoms with van der Waals surface area (Å²) in [7, 11) is 0. The molecule has 2 unspecified atom stereocenters. The van der Waals surface area contributed by atoms with Crippen LogP contribution in [0.15, 0.2) is 119 Å². The molecule has 1 aromatic heterocycles. The second-order valence-corrected chi connectivity index (χ2v) is 12.6. The van der Waals surface area contributed by atoms with Crippen LogP contribution in [-0.4, -0.2) is 10.7 Å². The zero-order chi connectivity index (χ0) is 28.0. The summed E-state index contributed by atoms with van der Waals surface area (Å²) in [6.45, 7) is 4.21. The summed E-state index contributed by atoms with van der Waals surface area (Å²) < 4.78 is 6.96. The van der Waals surface area contributed by atoms with Gasteiger partial charge in [0.1, 0.15) is 5.58 Å². The van der Waals surface area contributed by atoms with Crippen LogP contribution in [0.25, 0.3) is 21.9 Å². The zero-order valence-electron chi connectivity index (χ0n) is 24.1. The van der Waals surface area contributed by atoms with Crippen LogP contribution in [0.1, 0.15) is 75.8 Å². The van der Waals surface area contributed by atoms with Gasteiger partial charge in [-0.3, -0.25) is 0 Å². The first-order valence-corrected chi connectivity index (χ1v) is 15.2. The minimum absolute atomic E-state index is 0.244. The molecular formula is C38H39NO2. The number of nitrogens with zero attached hydrogens (tertiary/aromatic N) is 1. The predicted molar refractivity (Wildman–Crippen MR) is 170 cm³/mol. The summed E-state index contributed by atoms with van der Waals surface area (Å²) >= 11 is 0. The fourth-order valence-electron chi connectivity index (χ4n) is 7.17. The van der Waals surface area contributed by atoms with Crippen LogP contribution >= 0.6 is 0 Å². The molecule has 0 spiro atoms. The highest BCUT2D eigenvalue weighted by Gasteiger charge is 2.38. The third-order valence-corrected chi connectivity index (χ3v) is 9.55. The van der Waals surface area contributed by atoms with Crippen molar-refractivity contribution in [1.29, 1.82) is 0 Å². The van der Waals surface area contributed by atoms with Crippen molar-refractivity contribution >= 4 is 27.6 Å². The van der Waals surface area contributed by atoms with Gasteiger partial charge >= 0.3 is 0 Å². The van der Waals surface area contributed by atoms with E-state index in [0.29, 0.717) is 12.3 Å². The number of benzene rings is 3. The van der Waals surface area contributed by atoms with Gasteiger partial charge in [0, 0.05) is 27.6 Å². The average Bonchev–Trinajstić information content (AvgIpc) is 3.40. The number of hydrogen-bond acceptors (Lipinski definition) is 3. The number of aliphatic hydroxyl groups is 1. The van der Waals surface area contributed by atoms with Crippen LogP contribution in [0.3, 0.4) is 0 Å². The molecule has 0 amide bonds. The lowest BCUT2D eigenvalue weighted by Gasteiger charge is -2.42. The number of fused-ring (bicyclic) bond motifs is 3. The number of para-hydroxylation sites is 2. The highest BCUT2D eigenvalue weighted by atomic mass is 16.3. The Morgan fingerprint density at radius 1 is 0.829 bits per heavy atom. The summed E-state index contributed by atoms with van der Waals surface area (Å²) in [5.74, 6) is 0.561. The third kappa shape index (κ3) is 4.57. The summed E-state index contributed by atoms with van der Waals surface area (Å²) in [5, 5.41) is 13.1. The van der Waals surface area contributed by atoms with Gasteiger partial charge in [-0.25, -0.2) is 0 Å². The lowest BCUT2D eigenvalue weighted by Crippen LogP contribution is -2.38. The number of allylic oxidation sites excluding steroid dienone is 5. The number of anilines is 1. The standard InChI is InChI=1S/C38H39NO2/c1-37(40)25-22-29(23-26-37)39(34-21-9-10-24-38(34,2)28-15-7-4-8-16-28)33-20-12-19-32-31-18-11-17-30(35(31)41-36(32)33)27-13-5-3-6-14-27/h4,7-12,15-23,25,27,40H,3,5-6,13-14,24,26H2,1-2H3. The van der Waals surface area contributed by atoms with Crippen LogP contribution in [0.5, 0.6) is 0 Å². The Balaban J connectivity index is 1.45.